The van der Waals surface area contributed by atoms with Crippen molar-refractivity contribution in [3.05, 3.63) is 41.2 Å². The van der Waals surface area contributed by atoms with Crippen LogP contribution in [0.3, 0.4) is 0 Å². The lowest BCUT2D eigenvalue weighted by Gasteiger charge is -2.03. The fraction of sp³-hybridized carbons (Fsp3) is 0.167. The topological polar surface area (TPSA) is 85.1 Å². The molecule has 6 heteroatoms. The highest BCUT2D eigenvalue weighted by atomic mass is 16.6. The highest BCUT2D eigenvalue weighted by Crippen LogP contribution is 2.12. The van der Waals surface area contributed by atoms with Gasteiger partial charge < -0.3 is 5.32 Å². The van der Waals surface area contributed by atoms with E-state index in [9.17, 15) is 9.59 Å². The van der Waals surface area contributed by atoms with E-state index in [1.807, 2.05) is 0 Å². The van der Waals surface area contributed by atoms with Gasteiger partial charge in [0.2, 0.25) is 0 Å². The molecule has 0 atom stereocenters. The Bertz CT molecular complexity index is 587. The van der Waals surface area contributed by atoms with Gasteiger partial charge in [-0.25, -0.2) is 4.63 Å². The molecular formula is C12H11N3O3. The molecule has 1 N–H and O–H groups in total. The van der Waals surface area contributed by atoms with Crippen LogP contribution in [0.2, 0.25) is 0 Å². The number of Topliss-reactive ketones (excluding diaryl/α,β-unsaturated/α-hetero) is 1. The van der Waals surface area contributed by atoms with Crippen LogP contribution in [0.1, 0.15) is 33.5 Å². The molecule has 0 radical (unpaired) electrons. The van der Waals surface area contributed by atoms with E-state index in [0.717, 1.165) is 0 Å². The molecule has 0 unspecified atom stereocenters. The number of hydrogen-bond acceptors (Lipinski definition) is 5. The number of amides is 1. The maximum absolute atomic E-state index is 11.8. The van der Waals surface area contributed by atoms with E-state index in [-0.39, 0.29) is 11.5 Å². The number of ketones is 1. The van der Waals surface area contributed by atoms with Gasteiger partial charge in [0.15, 0.2) is 11.5 Å². The molecule has 2 aromatic rings. The molecule has 0 fully saturated rings. The number of aromatic nitrogens is 2. The number of anilines is 1. The van der Waals surface area contributed by atoms with Crippen molar-refractivity contribution in [2.24, 2.45) is 0 Å². The fourth-order valence-electron chi connectivity index (χ4n) is 1.42. The molecule has 92 valence electrons. The average Bonchev–Trinajstić information content (AvgIpc) is 2.76. The lowest BCUT2D eigenvalue weighted by molar-refractivity contribution is 0.101. The summed E-state index contributed by atoms with van der Waals surface area (Å²) in [5, 5.41) is 9.67. The number of carbonyl (C=O) groups excluding carboxylic acids is 2. The highest BCUT2D eigenvalue weighted by molar-refractivity contribution is 6.03. The van der Waals surface area contributed by atoms with E-state index < -0.39 is 5.91 Å². The predicted molar refractivity (Wildman–Crippen MR) is 63.4 cm³/mol. The van der Waals surface area contributed by atoms with Gasteiger partial charge in [0.25, 0.3) is 5.91 Å². The monoisotopic (exact) mass is 245 g/mol. The van der Waals surface area contributed by atoms with Crippen molar-refractivity contribution in [3.63, 3.8) is 0 Å². The fourth-order valence-corrected chi connectivity index (χ4v) is 1.42. The van der Waals surface area contributed by atoms with Gasteiger partial charge in [-0.3, -0.25) is 9.59 Å². The summed E-state index contributed by atoms with van der Waals surface area (Å²) in [5.74, 6) is -0.422. The number of carbonyl (C=O) groups is 2. The molecule has 6 nitrogen and oxygen atoms in total. The Balaban J connectivity index is 2.13. The normalized spacial score (nSPS) is 10.1. The average molecular weight is 245 g/mol. The minimum atomic E-state index is -0.399. The molecule has 1 heterocycles. The van der Waals surface area contributed by atoms with Gasteiger partial charge in [-0.2, -0.15) is 0 Å². The molecule has 2 rings (SSSR count). The summed E-state index contributed by atoms with van der Waals surface area (Å²) >= 11 is 0. The van der Waals surface area contributed by atoms with Crippen molar-refractivity contribution >= 4 is 17.4 Å². The van der Waals surface area contributed by atoms with Crippen LogP contribution in [0.15, 0.2) is 28.9 Å². The minimum Gasteiger partial charge on any atom is -0.320 e. The minimum absolute atomic E-state index is 0.0237. The van der Waals surface area contributed by atoms with Gasteiger partial charge in [-0.15, -0.1) is 0 Å². The van der Waals surface area contributed by atoms with Crippen LogP contribution in [-0.4, -0.2) is 22.0 Å². The summed E-state index contributed by atoms with van der Waals surface area (Å²) < 4.78 is 4.45. The second-order valence-electron chi connectivity index (χ2n) is 3.79. The third-order valence-electron chi connectivity index (χ3n) is 2.42. The molecule has 0 bridgehead atoms. The Morgan fingerprint density at radius 2 is 1.83 bits per heavy atom. The zero-order valence-corrected chi connectivity index (χ0v) is 9.93. The Morgan fingerprint density at radius 3 is 2.33 bits per heavy atom. The molecule has 0 saturated carbocycles. The van der Waals surface area contributed by atoms with Crippen molar-refractivity contribution in [3.8, 4) is 0 Å². The van der Waals surface area contributed by atoms with E-state index in [1.54, 1.807) is 31.2 Å². The Kier molecular flexibility index (Phi) is 3.18. The van der Waals surface area contributed by atoms with Gasteiger partial charge >= 0.3 is 0 Å². The van der Waals surface area contributed by atoms with Crippen LogP contribution in [-0.2, 0) is 0 Å². The third kappa shape index (κ3) is 2.42. The Morgan fingerprint density at radius 1 is 1.17 bits per heavy atom. The molecule has 1 amide bonds. The maximum Gasteiger partial charge on any atom is 0.279 e. The van der Waals surface area contributed by atoms with Crippen molar-refractivity contribution in [2.45, 2.75) is 13.8 Å². The number of benzene rings is 1. The summed E-state index contributed by atoms with van der Waals surface area (Å²) in [4.78, 5) is 22.9. The first kappa shape index (κ1) is 12.0. The number of rotatable bonds is 3. The van der Waals surface area contributed by atoms with E-state index in [4.69, 9.17) is 0 Å². The number of nitrogens with zero attached hydrogens (tertiary/aromatic N) is 2. The van der Waals surface area contributed by atoms with Crippen LogP contribution < -0.4 is 5.32 Å². The second kappa shape index (κ2) is 4.79. The summed E-state index contributed by atoms with van der Waals surface area (Å²) in [7, 11) is 0. The quantitative estimate of drug-likeness (QED) is 0.834. The van der Waals surface area contributed by atoms with Crippen molar-refractivity contribution in [2.75, 3.05) is 5.32 Å². The lowest BCUT2D eigenvalue weighted by atomic mass is 10.1. The SMILES string of the molecule is CC(=O)c1ccc(NC(=O)c2nonc2C)cc1. The number of nitrogens with one attached hydrogen (secondary N) is 1. The first-order valence-corrected chi connectivity index (χ1v) is 5.29. The van der Waals surface area contributed by atoms with Crippen LogP contribution in [0.4, 0.5) is 5.69 Å². The molecule has 0 aliphatic rings. The Labute approximate surface area is 103 Å². The summed E-state index contributed by atoms with van der Waals surface area (Å²) in [6.45, 7) is 3.11. The molecule has 1 aromatic carbocycles. The molecule has 0 aliphatic carbocycles. The van der Waals surface area contributed by atoms with Gasteiger partial charge in [0, 0.05) is 11.3 Å². The smallest absolute Gasteiger partial charge is 0.279 e. The van der Waals surface area contributed by atoms with Crippen LogP contribution in [0.5, 0.6) is 0 Å². The largest absolute Gasteiger partial charge is 0.320 e. The first-order chi connectivity index (χ1) is 8.58. The zero-order valence-electron chi connectivity index (χ0n) is 9.93. The van der Waals surface area contributed by atoms with Gasteiger partial charge in [-0.1, -0.05) is 5.16 Å². The van der Waals surface area contributed by atoms with E-state index >= 15 is 0 Å². The molecule has 18 heavy (non-hydrogen) atoms. The second-order valence-corrected chi connectivity index (χ2v) is 3.79. The Hall–Kier alpha value is -2.50. The lowest BCUT2D eigenvalue weighted by Crippen LogP contribution is -2.13. The molecule has 0 saturated heterocycles. The van der Waals surface area contributed by atoms with E-state index in [0.29, 0.717) is 16.9 Å². The molecule has 0 aliphatic heterocycles. The third-order valence-corrected chi connectivity index (χ3v) is 2.42. The van der Waals surface area contributed by atoms with Crippen molar-refractivity contribution < 1.29 is 14.2 Å². The van der Waals surface area contributed by atoms with Crippen LogP contribution >= 0.6 is 0 Å². The zero-order chi connectivity index (χ0) is 13.1. The summed E-state index contributed by atoms with van der Waals surface area (Å²) in [6.07, 6.45) is 0. The summed E-state index contributed by atoms with van der Waals surface area (Å²) in [5.41, 5.74) is 1.73. The summed E-state index contributed by atoms with van der Waals surface area (Å²) in [6, 6.07) is 6.59. The van der Waals surface area contributed by atoms with Gasteiger partial charge in [0.1, 0.15) is 5.69 Å². The van der Waals surface area contributed by atoms with E-state index in [2.05, 4.69) is 20.3 Å². The molecule has 0 spiro atoms. The molecular weight excluding hydrogens is 234 g/mol. The first-order valence-electron chi connectivity index (χ1n) is 5.29. The van der Waals surface area contributed by atoms with Crippen LogP contribution in [0.25, 0.3) is 0 Å². The van der Waals surface area contributed by atoms with Crippen molar-refractivity contribution in [1.82, 2.24) is 10.3 Å². The predicted octanol–water partition coefficient (Wildman–Crippen LogP) is 1.83. The molecule has 1 aromatic heterocycles. The van der Waals surface area contributed by atoms with Crippen LogP contribution in [0, 0.1) is 6.92 Å². The highest BCUT2D eigenvalue weighted by Gasteiger charge is 2.14. The number of hydrogen-bond donors (Lipinski definition) is 1. The van der Waals surface area contributed by atoms with E-state index in [1.165, 1.54) is 6.92 Å². The van der Waals surface area contributed by atoms with Gasteiger partial charge in [0.05, 0.1) is 0 Å². The van der Waals surface area contributed by atoms with Gasteiger partial charge in [-0.05, 0) is 43.3 Å². The van der Waals surface area contributed by atoms with Crippen molar-refractivity contribution in [1.29, 1.82) is 0 Å². The maximum atomic E-state index is 11.8. The standard InChI is InChI=1S/C12H11N3O3/c1-7-11(15-18-14-7)12(17)13-10-5-3-9(4-6-10)8(2)16/h3-6H,1-2H3,(H,13,17). The number of aryl methyl sites for hydroxylation is 1.